The number of carbonyl (C=O) groups is 1. The van der Waals surface area contributed by atoms with Crippen LogP contribution in [-0.2, 0) is 0 Å². The number of nitrogens with one attached hydrogen (secondary N) is 2. The summed E-state index contributed by atoms with van der Waals surface area (Å²) in [6, 6.07) is 13.7. The molecule has 0 atom stereocenters. The van der Waals surface area contributed by atoms with Crippen LogP contribution in [0.2, 0.25) is 10.0 Å². The number of hydrogen-bond acceptors (Lipinski definition) is 5. The van der Waals surface area contributed by atoms with Crippen molar-refractivity contribution in [3.05, 3.63) is 76.0 Å². The van der Waals surface area contributed by atoms with Gasteiger partial charge in [-0.15, -0.1) is 0 Å². The lowest BCUT2D eigenvalue weighted by Crippen LogP contribution is -2.13. The van der Waals surface area contributed by atoms with Crippen LogP contribution in [0.5, 0.6) is 0 Å². The molecule has 8 heteroatoms. The summed E-state index contributed by atoms with van der Waals surface area (Å²) < 4.78 is 0. The van der Waals surface area contributed by atoms with E-state index in [4.69, 9.17) is 28.5 Å². The Morgan fingerprint density at radius 1 is 1.08 bits per heavy atom. The number of hydrogen-bond donors (Lipinski definition) is 2. The Hall–Kier alpha value is -3.14. The van der Waals surface area contributed by atoms with Gasteiger partial charge in [0, 0.05) is 23.1 Å². The van der Waals surface area contributed by atoms with Crippen molar-refractivity contribution in [1.82, 2.24) is 9.97 Å². The average molecular weight is 384 g/mol. The van der Waals surface area contributed by atoms with Crippen LogP contribution in [0.4, 0.5) is 17.3 Å². The molecule has 0 bridgehead atoms. The SMILES string of the molecule is N#Cc1cccc(Nc2ncc(C(=O)Nc3cc(Cl)ccc3Cl)cn2)c1. The first kappa shape index (κ1) is 17.7. The molecular formula is C18H11Cl2N5O. The molecule has 0 aliphatic heterocycles. The molecule has 0 aliphatic rings. The zero-order valence-electron chi connectivity index (χ0n) is 13.2. The number of rotatable bonds is 4. The van der Waals surface area contributed by atoms with Gasteiger partial charge < -0.3 is 10.6 Å². The third-order valence-electron chi connectivity index (χ3n) is 3.34. The Morgan fingerprint density at radius 3 is 2.58 bits per heavy atom. The molecule has 3 rings (SSSR count). The Kier molecular flexibility index (Phi) is 5.32. The molecule has 128 valence electrons. The Balaban J connectivity index is 1.71. The minimum atomic E-state index is -0.410. The molecule has 0 spiro atoms. The zero-order valence-corrected chi connectivity index (χ0v) is 14.7. The maximum Gasteiger partial charge on any atom is 0.258 e. The van der Waals surface area contributed by atoms with Crippen molar-refractivity contribution in [2.75, 3.05) is 10.6 Å². The third-order valence-corrected chi connectivity index (χ3v) is 3.90. The smallest absolute Gasteiger partial charge is 0.258 e. The summed E-state index contributed by atoms with van der Waals surface area (Å²) in [7, 11) is 0. The number of anilines is 3. The molecule has 6 nitrogen and oxygen atoms in total. The molecule has 1 amide bonds. The van der Waals surface area contributed by atoms with E-state index in [-0.39, 0.29) is 5.56 Å². The molecule has 0 aliphatic carbocycles. The number of amides is 1. The molecule has 1 heterocycles. The summed E-state index contributed by atoms with van der Waals surface area (Å²) in [5.41, 5.74) is 1.86. The minimum absolute atomic E-state index is 0.261. The van der Waals surface area contributed by atoms with Crippen LogP contribution in [0.3, 0.4) is 0 Å². The lowest BCUT2D eigenvalue weighted by Gasteiger charge is -2.08. The molecule has 0 radical (unpaired) electrons. The van der Waals surface area contributed by atoms with E-state index in [2.05, 4.69) is 26.7 Å². The zero-order chi connectivity index (χ0) is 18.5. The van der Waals surface area contributed by atoms with Crippen molar-refractivity contribution < 1.29 is 4.79 Å². The molecule has 0 unspecified atom stereocenters. The summed E-state index contributed by atoms with van der Waals surface area (Å²) in [6.45, 7) is 0. The number of nitrogens with zero attached hydrogens (tertiary/aromatic N) is 3. The van der Waals surface area contributed by atoms with E-state index >= 15 is 0 Å². The Bertz CT molecular complexity index is 999. The van der Waals surface area contributed by atoms with Gasteiger partial charge in [-0.3, -0.25) is 4.79 Å². The van der Waals surface area contributed by atoms with Gasteiger partial charge in [0.2, 0.25) is 5.95 Å². The number of halogens is 2. The third kappa shape index (κ3) is 4.28. The van der Waals surface area contributed by atoms with Crippen molar-refractivity contribution in [2.24, 2.45) is 0 Å². The first-order chi connectivity index (χ1) is 12.5. The predicted molar refractivity (Wildman–Crippen MR) is 101 cm³/mol. The van der Waals surface area contributed by atoms with E-state index in [0.29, 0.717) is 32.9 Å². The van der Waals surface area contributed by atoms with Gasteiger partial charge in [-0.25, -0.2) is 9.97 Å². The van der Waals surface area contributed by atoms with Gasteiger partial charge in [-0.05, 0) is 36.4 Å². The summed E-state index contributed by atoms with van der Waals surface area (Å²) in [6.07, 6.45) is 2.77. The van der Waals surface area contributed by atoms with Crippen molar-refractivity contribution in [2.45, 2.75) is 0 Å². The first-order valence-electron chi connectivity index (χ1n) is 7.41. The van der Waals surface area contributed by atoms with Crippen LogP contribution < -0.4 is 10.6 Å². The molecule has 0 saturated heterocycles. The second kappa shape index (κ2) is 7.83. The van der Waals surface area contributed by atoms with Crippen molar-refractivity contribution in [3.63, 3.8) is 0 Å². The molecule has 2 N–H and O–H groups in total. The highest BCUT2D eigenvalue weighted by atomic mass is 35.5. The van der Waals surface area contributed by atoms with E-state index in [0.717, 1.165) is 0 Å². The fourth-order valence-corrected chi connectivity index (χ4v) is 2.43. The highest BCUT2D eigenvalue weighted by Crippen LogP contribution is 2.25. The van der Waals surface area contributed by atoms with E-state index in [9.17, 15) is 4.79 Å². The summed E-state index contributed by atoms with van der Waals surface area (Å²) in [4.78, 5) is 20.5. The highest BCUT2D eigenvalue weighted by Gasteiger charge is 2.10. The summed E-state index contributed by atoms with van der Waals surface area (Å²) in [5, 5.41) is 15.4. The predicted octanol–water partition coefficient (Wildman–Crippen LogP) is 4.65. The fourth-order valence-electron chi connectivity index (χ4n) is 2.09. The molecular weight excluding hydrogens is 373 g/mol. The van der Waals surface area contributed by atoms with Crippen molar-refractivity contribution in [3.8, 4) is 6.07 Å². The summed E-state index contributed by atoms with van der Waals surface area (Å²) in [5.74, 6) is -0.107. The molecule has 2 aromatic carbocycles. The topological polar surface area (TPSA) is 90.7 Å². The molecule has 0 saturated carbocycles. The Morgan fingerprint density at radius 2 is 1.85 bits per heavy atom. The van der Waals surface area contributed by atoms with Crippen LogP contribution in [-0.4, -0.2) is 15.9 Å². The molecule has 26 heavy (non-hydrogen) atoms. The van der Waals surface area contributed by atoms with E-state index < -0.39 is 5.91 Å². The molecule has 0 fully saturated rings. The monoisotopic (exact) mass is 383 g/mol. The molecule has 1 aromatic heterocycles. The second-order valence-corrected chi connectivity index (χ2v) is 6.03. The summed E-state index contributed by atoms with van der Waals surface area (Å²) >= 11 is 11.9. The normalized spacial score (nSPS) is 10.0. The van der Waals surface area contributed by atoms with Crippen LogP contribution in [0.1, 0.15) is 15.9 Å². The van der Waals surface area contributed by atoms with Crippen LogP contribution >= 0.6 is 23.2 Å². The fraction of sp³-hybridized carbons (Fsp3) is 0. The standard InChI is InChI=1S/C18H11Cl2N5O/c19-13-4-5-15(20)16(7-13)25-17(26)12-9-22-18(23-10-12)24-14-3-1-2-11(6-14)8-21/h1-7,9-10H,(H,25,26)(H,22,23,24). The maximum atomic E-state index is 12.3. The number of carbonyl (C=O) groups excluding carboxylic acids is 1. The van der Waals surface area contributed by atoms with Gasteiger partial charge in [0.1, 0.15) is 0 Å². The van der Waals surface area contributed by atoms with Crippen LogP contribution in [0.15, 0.2) is 54.9 Å². The lowest BCUT2D eigenvalue weighted by atomic mass is 10.2. The first-order valence-corrected chi connectivity index (χ1v) is 8.16. The van der Waals surface area contributed by atoms with Crippen LogP contribution in [0, 0.1) is 11.3 Å². The van der Waals surface area contributed by atoms with Gasteiger partial charge in [0.05, 0.1) is 27.9 Å². The van der Waals surface area contributed by atoms with Crippen molar-refractivity contribution in [1.29, 1.82) is 5.26 Å². The van der Waals surface area contributed by atoms with Crippen molar-refractivity contribution >= 4 is 46.4 Å². The number of benzene rings is 2. The second-order valence-electron chi connectivity index (χ2n) is 5.19. The number of aromatic nitrogens is 2. The van der Waals surface area contributed by atoms with Gasteiger partial charge in [-0.1, -0.05) is 29.3 Å². The average Bonchev–Trinajstić information content (AvgIpc) is 2.65. The minimum Gasteiger partial charge on any atom is -0.324 e. The quantitative estimate of drug-likeness (QED) is 0.683. The largest absolute Gasteiger partial charge is 0.324 e. The lowest BCUT2D eigenvalue weighted by molar-refractivity contribution is 0.102. The van der Waals surface area contributed by atoms with Gasteiger partial charge >= 0.3 is 0 Å². The van der Waals surface area contributed by atoms with Gasteiger partial charge in [0.25, 0.3) is 5.91 Å². The van der Waals surface area contributed by atoms with Gasteiger partial charge in [-0.2, -0.15) is 5.26 Å². The van der Waals surface area contributed by atoms with Gasteiger partial charge in [0.15, 0.2) is 0 Å². The van der Waals surface area contributed by atoms with Crippen LogP contribution in [0.25, 0.3) is 0 Å². The maximum absolute atomic E-state index is 12.3. The van der Waals surface area contributed by atoms with E-state index in [1.807, 2.05) is 0 Å². The van der Waals surface area contributed by atoms with E-state index in [1.165, 1.54) is 12.4 Å². The highest BCUT2D eigenvalue weighted by molar-refractivity contribution is 6.35. The number of nitriles is 1. The Labute approximate surface area is 159 Å². The van der Waals surface area contributed by atoms with E-state index in [1.54, 1.807) is 42.5 Å². The molecule has 3 aromatic rings.